The quantitative estimate of drug-likeness (QED) is 0.309. The van der Waals surface area contributed by atoms with Crippen molar-refractivity contribution in [3.05, 3.63) is 96.1 Å². The molecule has 2 N–H and O–H groups in total. The first-order valence-corrected chi connectivity index (χ1v) is 11.4. The largest absolute Gasteiger partial charge is 0.461 e. The molecule has 0 saturated carbocycles. The third-order valence-electron chi connectivity index (χ3n) is 4.73. The molecule has 3 aromatic carbocycles. The highest BCUT2D eigenvalue weighted by Crippen LogP contribution is 2.25. The van der Waals surface area contributed by atoms with Crippen molar-refractivity contribution >= 4 is 5.97 Å². The van der Waals surface area contributed by atoms with E-state index in [1.165, 1.54) is 12.1 Å². The summed E-state index contributed by atoms with van der Waals surface area (Å²) in [6.07, 6.45) is 0.291. The van der Waals surface area contributed by atoms with Crippen LogP contribution in [0.3, 0.4) is 0 Å². The molecule has 0 aliphatic heterocycles. The van der Waals surface area contributed by atoms with Gasteiger partial charge in [-0.2, -0.15) is 0 Å². The Morgan fingerprint density at radius 1 is 0.943 bits per heavy atom. The van der Waals surface area contributed by atoms with E-state index < -0.39 is 6.04 Å². The number of hydrogen-bond donors (Lipinski definition) is 1. The smallest absolute Gasteiger partial charge is 0.307 e. The molecule has 1 aromatic heterocycles. The number of ether oxygens (including phenoxy) is 2. The molecule has 8 heteroatoms. The first-order chi connectivity index (χ1) is 17.0. The molecule has 4 rings (SSSR count). The molecule has 0 saturated heterocycles. The minimum atomic E-state index is -0.506. The second-order valence-corrected chi connectivity index (χ2v) is 7.40. The lowest BCUT2D eigenvalue weighted by atomic mass is 10.1. The van der Waals surface area contributed by atoms with Crippen molar-refractivity contribution < 1.29 is 23.1 Å². The number of esters is 1. The van der Waals surface area contributed by atoms with Gasteiger partial charge in [0.1, 0.15) is 23.9 Å². The van der Waals surface area contributed by atoms with E-state index in [0.29, 0.717) is 28.8 Å². The van der Waals surface area contributed by atoms with Crippen molar-refractivity contribution in [1.82, 2.24) is 10.2 Å². The van der Waals surface area contributed by atoms with Crippen LogP contribution in [0.5, 0.6) is 11.5 Å². The van der Waals surface area contributed by atoms with Crippen LogP contribution in [0.4, 0.5) is 4.39 Å². The number of nitrogens with zero attached hydrogens (tertiary/aromatic N) is 2. The Hall–Kier alpha value is -4.04. The molecular formula is C27H28FN3O4. The SMILES string of the molecule is CC.NC(CC(=O)OCc1ccccc1)Cc1nnc(-c2ccc(Oc3ccc(F)cc3)cc2)o1. The fraction of sp³-hybridized carbons (Fsp3) is 0.222. The maximum atomic E-state index is 13.0. The van der Waals surface area contributed by atoms with E-state index in [9.17, 15) is 9.18 Å². The second kappa shape index (κ2) is 13.0. The summed E-state index contributed by atoms with van der Waals surface area (Å²) in [6.45, 7) is 4.21. The van der Waals surface area contributed by atoms with Gasteiger partial charge in [-0.25, -0.2) is 4.39 Å². The van der Waals surface area contributed by atoms with Gasteiger partial charge < -0.3 is 19.6 Å². The Labute approximate surface area is 203 Å². The highest BCUT2D eigenvalue weighted by Gasteiger charge is 2.16. The lowest BCUT2D eigenvalue weighted by Gasteiger charge is -2.09. The van der Waals surface area contributed by atoms with E-state index in [0.717, 1.165) is 5.56 Å². The van der Waals surface area contributed by atoms with E-state index in [-0.39, 0.29) is 31.2 Å². The van der Waals surface area contributed by atoms with Crippen LogP contribution in [0.15, 0.2) is 83.3 Å². The van der Waals surface area contributed by atoms with Crippen molar-refractivity contribution in [1.29, 1.82) is 0 Å². The second-order valence-electron chi connectivity index (χ2n) is 7.40. The van der Waals surface area contributed by atoms with Gasteiger partial charge in [0.25, 0.3) is 0 Å². The number of aromatic nitrogens is 2. The summed E-state index contributed by atoms with van der Waals surface area (Å²) in [4.78, 5) is 12.0. The highest BCUT2D eigenvalue weighted by molar-refractivity contribution is 5.70. The summed E-state index contributed by atoms with van der Waals surface area (Å²) in [5.41, 5.74) is 7.67. The fourth-order valence-corrected chi connectivity index (χ4v) is 3.06. The van der Waals surface area contributed by atoms with Crippen molar-refractivity contribution in [3.63, 3.8) is 0 Å². The molecule has 0 aliphatic carbocycles. The lowest BCUT2D eigenvalue weighted by Crippen LogP contribution is -2.27. The Bertz CT molecular complexity index is 1180. The number of benzene rings is 3. The predicted molar refractivity (Wildman–Crippen MR) is 130 cm³/mol. The molecule has 0 amide bonds. The van der Waals surface area contributed by atoms with Gasteiger partial charge in [0, 0.05) is 18.0 Å². The van der Waals surface area contributed by atoms with Crippen molar-refractivity contribution in [2.24, 2.45) is 5.73 Å². The van der Waals surface area contributed by atoms with Crippen molar-refractivity contribution in [2.45, 2.75) is 39.3 Å². The minimum Gasteiger partial charge on any atom is -0.461 e. The molecule has 0 bridgehead atoms. The third-order valence-corrected chi connectivity index (χ3v) is 4.73. The molecule has 182 valence electrons. The fourth-order valence-electron chi connectivity index (χ4n) is 3.06. The Morgan fingerprint density at radius 2 is 1.57 bits per heavy atom. The summed E-state index contributed by atoms with van der Waals surface area (Å²) in [6, 6.07) is 21.7. The monoisotopic (exact) mass is 477 g/mol. The molecule has 0 spiro atoms. The van der Waals surface area contributed by atoms with Crippen LogP contribution in [0, 0.1) is 5.82 Å². The molecule has 7 nitrogen and oxygen atoms in total. The first kappa shape index (κ1) is 25.6. The van der Waals surface area contributed by atoms with Crippen LogP contribution in [-0.4, -0.2) is 22.2 Å². The zero-order valence-electron chi connectivity index (χ0n) is 19.7. The Kier molecular flexibility index (Phi) is 9.50. The Morgan fingerprint density at radius 3 is 2.23 bits per heavy atom. The number of nitrogens with two attached hydrogens (primary N) is 1. The molecule has 0 aliphatic rings. The highest BCUT2D eigenvalue weighted by atomic mass is 19.1. The zero-order valence-corrected chi connectivity index (χ0v) is 19.7. The molecule has 35 heavy (non-hydrogen) atoms. The molecule has 0 radical (unpaired) electrons. The maximum Gasteiger partial charge on any atom is 0.307 e. The van der Waals surface area contributed by atoms with Gasteiger partial charge in [-0.05, 0) is 54.1 Å². The van der Waals surface area contributed by atoms with Crippen LogP contribution >= 0.6 is 0 Å². The standard InChI is InChI=1S/C25H22FN3O4.C2H6/c26-19-8-12-22(13-9-19)32-21-10-6-18(7-11-21)25-29-28-23(33-25)14-20(27)15-24(30)31-16-17-4-2-1-3-5-17;1-2/h1-13,20H,14-16,27H2;1-2H3. The third kappa shape index (κ3) is 8.04. The summed E-state index contributed by atoms with van der Waals surface area (Å²) < 4.78 is 29.6. The van der Waals surface area contributed by atoms with E-state index >= 15 is 0 Å². The van der Waals surface area contributed by atoms with Gasteiger partial charge in [-0.1, -0.05) is 44.2 Å². The molecule has 1 heterocycles. The van der Waals surface area contributed by atoms with Crippen molar-refractivity contribution in [2.75, 3.05) is 0 Å². The molecule has 4 aromatic rings. The topological polar surface area (TPSA) is 100 Å². The minimum absolute atomic E-state index is 0.0416. The van der Waals surface area contributed by atoms with Crippen LogP contribution in [-0.2, 0) is 22.6 Å². The van der Waals surface area contributed by atoms with Crippen LogP contribution in [0.25, 0.3) is 11.5 Å². The normalized spacial score (nSPS) is 11.2. The van der Waals surface area contributed by atoms with Gasteiger partial charge in [-0.15, -0.1) is 10.2 Å². The number of hydrogen-bond acceptors (Lipinski definition) is 7. The molecule has 0 fully saturated rings. The average molecular weight is 478 g/mol. The molecule has 1 atom stereocenters. The molecular weight excluding hydrogens is 449 g/mol. The van der Waals surface area contributed by atoms with E-state index in [1.807, 2.05) is 44.2 Å². The number of rotatable bonds is 9. The Balaban J connectivity index is 0.00000167. The van der Waals surface area contributed by atoms with E-state index in [4.69, 9.17) is 19.6 Å². The summed E-state index contributed by atoms with van der Waals surface area (Å²) in [5, 5.41) is 8.06. The maximum absolute atomic E-state index is 13.0. The van der Waals surface area contributed by atoms with Gasteiger partial charge >= 0.3 is 5.97 Å². The summed E-state index contributed by atoms with van der Waals surface area (Å²) in [7, 11) is 0. The van der Waals surface area contributed by atoms with Gasteiger partial charge in [0.15, 0.2) is 0 Å². The average Bonchev–Trinajstić information content (AvgIpc) is 3.35. The van der Waals surface area contributed by atoms with E-state index in [1.54, 1.807) is 36.4 Å². The number of carbonyl (C=O) groups excluding carboxylic acids is 1. The first-order valence-electron chi connectivity index (χ1n) is 11.4. The van der Waals surface area contributed by atoms with Gasteiger partial charge in [0.2, 0.25) is 11.8 Å². The van der Waals surface area contributed by atoms with Crippen LogP contribution in [0.2, 0.25) is 0 Å². The molecule has 1 unspecified atom stereocenters. The number of carbonyl (C=O) groups is 1. The lowest BCUT2D eigenvalue weighted by molar-refractivity contribution is -0.145. The summed E-state index contributed by atoms with van der Waals surface area (Å²) >= 11 is 0. The van der Waals surface area contributed by atoms with Gasteiger partial charge in [-0.3, -0.25) is 4.79 Å². The zero-order chi connectivity index (χ0) is 25.0. The van der Waals surface area contributed by atoms with Crippen molar-refractivity contribution in [3.8, 4) is 23.0 Å². The number of halogens is 1. The van der Waals surface area contributed by atoms with Crippen LogP contribution in [0.1, 0.15) is 31.7 Å². The summed E-state index contributed by atoms with van der Waals surface area (Å²) in [5.74, 6) is 1.07. The van der Waals surface area contributed by atoms with Gasteiger partial charge in [0.05, 0.1) is 6.42 Å². The van der Waals surface area contributed by atoms with Crippen LogP contribution < -0.4 is 10.5 Å². The predicted octanol–water partition coefficient (Wildman–Crippen LogP) is 5.70. The van der Waals surface area contributed by atoms with E-state index in [2.05, 4.69) is 10.2 Å².